The number of nitrogens with one attached hydrogen (secondary N) is 2. The molecule has 8 heteroatoms. The highest BCUT2D eigenvalue weighted by atomic mass is 19.3. The van der Waals surface area contributed by atoms with Gasteiger partial charge >= 0.3 is 5.97 Å². The van der Waals surface area contributed by atoms with Crippen LogP contribution < -0.4 is 5.48 Å². The number of fused-ring (bicyclic) bond motifs is 1. The third-order valence-electron chi connectivity index (χ3n) is 6.03. The zero-order valence-corrected chi connectivity index (χ0v) is 18.5. The van der Waals surface area contributed by atoms with Gasteiger partial charge < -0.3 is 5.21 Å². The van der Waals surface area contributed by atoms with E-state index in [1.165, 1.54) is 17.5 Å². The van der Waals surface area contributed by atoms with Crippen LogP contribution in [0.5, 0.6) is 0 Å². The van der Waals surface area contributed by atoms with Gasteiger partial charge in [0, 0.05) is 23.7 Å². The van der Waals surface area contributed by atoms with Crippen molar-refractivity contribution < 1.29 is 19.5 Å². The number of benzene rings is 2. The van der Waals surface area contributed by atoms with Crippen molar-refractivity contribution in [2.24, 2.45) is 17.0 Å². The molecule has 0 radical (unpaired) electrons. The molecule has 1 aliphatic carbocycles. The number of hydrogen-bond donors (Lipinski definition) is 3. The number of nitrogens with zero attached hydrogens (tertiary/aromatic N) is 2. The molecule has 0 spiro atoms. The van der Waals surface area contributed by atoms with Crippen molar-refractivity contribution in [3.8, 4) is 0 Å². The van der Waals surface area contributed by atoms with E-state index in [-0.39, 0.29) is 6.04 Å². The van der Waals surface area contributed by atoms with Gasteiger partial charge in [0.1, 0.15) is 0 Å². The summed E-state index contributed by atoms with van der Waals surface area (Å²) in [6, 6.07) is 16.5. The Morgan fingerprint density at radius 1 is 1.28 bits per heavy atom. The number of aryl methyl sites for hydroxylation is 1. The molecule has 32 heavy (non-hydrogen) atoms. The van der Waals surface area contributed by atoms with E-state index in [2.05, 4.69) is 59.1 Å². The van der Waals surface area contributed by atoms with Crippen LogP contribution in [0.4, 0.5) is 4.53 Å². The van der Waals surface area contributed by atoms with Gasteiger partial charge in [-0.25, -0.2) is 10.3 Å². The first-order valence-corrected chi connectivity index (χ1v) is 11.0. The van der Waals surface area contributed by atoms with Crippen LogP contribution in [-0.2, 0) is 22.6 Å². The monoisotopic (exact) mass is 442 g/mol. The number of rotatable bonds is 7. The lowest BCUT2D eigenvalue weighted by atomic mass is 9.94. The normalized spacial score (nSPS) is 18.8. The van der Waals surface area contributed by atoms with Crippen LogP contribution >= 0.6 is 0 Å². The minimum atomic E-state index is -0.805. The molecule has 2 aliphatic rings. The van der Waals surface area contributed by atoms with Gasteiger partial charge in [-0.2, -0.15) is 10.6 Å². The summed E-state index contributed by atoms with van der Waals surface area (Å²) in [5.74, 6) is -0.435. The fourth-order valence-corrected chi connectivity index (χ4v) is 4.39. The Kier molecular flexibility index (Phi) is 8.44. The molecule has 2 aromatic rings. The molecule has 0 saturated carbocycles. The van der Waals surface area contributed by atoms with E-state index < -0.39 is 18.1 Å². The fourth-order valence-electron chi connectivity index (χ4n) is 4.39. The second kappa shape index (κ2) is 11.3. The molecule has 172 valence electrons. The van der Waals surface area contributed by atoms with Gasteiger partial charge in [0.25, 0.3) is 0 Å². The second-order valence-electron chi connectivity index (χ2n) is 8.80. The van der Waals surface area contributed by atoms with E-state index in [1.54, 1.807) is 0 Å². The lowest BCUT2D eigenvalue weighted by Crippen LogP contribution is -2.51. The predicted octanol–water partition coefficient (Wildman–Crippen LogP) is 4.93. The summed E-state index contributed by atoms with van der Waals surface area (Å²) in [6.45, 7) is 5.46. The molecule has 2 aromatic carbocycles. The summed E-state index contributed by atoms with van der Waals surface area (Å²) in [7, 11) is 0. The number of likely N-dealkylation sites (tertiary alicyclic amines) is 1. The molecule has 1 fully saturated rings. The maximum Gasteiger partial charge on any atom is 0.354 e. The van der Waals surface area contributed by atoms with E-state index in [9.17, 15) is 9.32 Å². The summed E-state index contributed by atoms with van der Waals surface area (Å²) >= 11 is 0. The van der Waals surface area contributed by atoms with E-state index in [0.29, 0.717) is 18.7 Å². The molecular weight excluding hydrogens is 411 g/mol. The van der Waals surface area contributed by atoms with Crippen LogP contribution in [0.2, 0.25) is 0 Å². The molecule has 4 rings (SSSR count). The van der Waals surface area contributed by atoms with Gasteiger partial charge in [-0.15, -0.1) is 0 Å². The minimum absolute atomic E-state index is 0.170. The number of carbonyl (C=O) groups is 1. The van der Waals surface area contributed by atoms with Gasteiger partial charge in [-0.05, 0) is 47.4 Å². The summed E-state index contributed by atoms with van der Waals surface area (Å²) < 4.78 is 11.9. The summed E-state index contributed by atoms with van der Waals surface area (Å²) in [6.07, 6.45) is 2.29. The predicted molar refractivity (Wildman–Crippen MR) is 118 cm³/mol. The van der Waals surface area contributed by atoms with Gasteiger partial charge in [0.15, 0.2) is 6.17 Å². The average molecular weight is 443 g/mol. The summed E-state index contributed by atoms with van der Waals surface area (Å²) in [4.78, 5) is 16.5. The molecule has 3 N–H and O–H groups in total. The fraction of sp³-hybridized carbons (Fsp3) is 0.458. The largest absolute Gasteiger partial charge is 0.354 e. The smallest absolute Gasteiger partial charge is 0.314 e. The molecule has 0 bridgehead atoms. The number of carbonyl (C=O) groups excluding carboxylic acids is 1. The zero-order chi connectivity index (χ0) is 23.1. The van der Waals surface area contributed by atoms with Crippen molar-refractivity contribution in [2.45, 2.75) is 45.3 Å². The lowest BCUT2D eigenvalue weighted by molar-refractivity contribution is -0.195. The van der Waals surface area contributed by atoms with Crippen molar-refractivity contribution in [3.05, 3.63) is 70.8 Å². The third-order valence-corrected chi connectivity index (χ3v) is 6.03. The quantitative estimate of drug-likeness (QED) is 0.417. The van der Waals surface area contributed by atoms with Crippen LogP contribution in [0.3, 0.4) is 0 Å². The molecule has 1 aliphatic heterocycles. The Hall–Kier alpha value is -2.68. The Morgan fingerprint density at radius 2 is 2.00 bits per heavy atom. The van der Waals surface area contributed by atoms with Gasteiger partial charge in [0.2, 0.25) is 0 Å². The third kappa shape index (κ3) is 5.76. The summed E-state index contributed by atoms with van der Waals surface area (Å²) in [5.41, 5.74) is 13.6. The first-order chi connectivity index (χ1) is 15.5. The van der Waals surface area contributed by atoms with E-state index in [1.807, 2.05) is 23.7 Å². The highest BCUT2D eigenvalue weighted by molar-refractivity contribution is 5.73. The SMILES string of the molecule is CC(C)Cc1ccccc1.N=NC(NO)c1ccc2c(c1)C(N1CC(C(=O)OF)C1)CC2. The molecule has 0 aromatic heterocycles. The van der Waals surface area contributed by atoms with Crippen molar-refractivity contribution in [1.29, 1.82) is 5.53 Å². The van der Waals surface area contributed by atoms with Crippen LogP contribution in [0, 0.1) is 17.4 Å². The molecule has 2 unspecified atom stereocenters. The van der Waals surface area contributed by atoms with E-state index in [4.69, 9.17) is 10.7 Å². The molecule has 7 nitrogen and oxygen atoms in total. The Balaban J connectivity index is 0.000000243. The Morgan fingerprint density at radius 3 is 2.59 bits per heavy atom. The average Bonchev–Trinajstić information content (AvgIpc) is 3.17. The standard InChI is InChI=1S/C14H17FN4O3.C10H14/c15-22-14(20)10-6-19(7-10)12-4-3-8-1-2-9(5-11(8)12)13(17-16)18-21;1-9(2)8-10-6-4-3-5-7-10/h1-2,5,10,12-13,16,18,21H,3-4,6-7H2;3-7,9H,8H2,1-2H3. The number of halogens is 1. The van der Waals surface area contributed by atoms with E-state index in [0.717, 1.165) is 24.3 Å². The van der Waals surface area contributed by atoms with Crippen LogP contribution in [0.15, 0.2) is 53.6 Å². The highest BCUT2D eigenvalue weighted by Crippen LogP contribution is 2.40. The Labute approximate surface area is 187 Å². The molecule has 2 atom stereocenters. The van der Waals surface area contributed by atoms with E-state index >= 15 is 0 Å². The second-order valence-corrected chi connectivity index (χ2v) is 8.80. The first-order valence-electron chi connectivity index (χ1n) is 11.0. The van der Waals surface area contributed by atoms with Crippen LogP contribution in [0.25, 0.3) is 0 Å². The minimum Gasteiger partial charge on any atom is -0.314 e. The highest BCUT2D eigenvalue weighted by Gasteiger charge is 2.41. The van der Waals surface area contributed by atoms with Crippen LogP contribution in [-0.4, -0.2) is 29.2 Å². The van der Waals surface area contributed by atoms with Crippen molar-refractivity contribution in [3.63, 3.8) is 0 Å². The van der Waals surface area contributed by atoms with Gasteiger partial charge in [-0.3, -0.25) is 9.84 Å². The zero-order valence-electron chi connectivity index (χ0n) is 18.5. The first kappa shape index (κ1) is 24.0. The topological polar surface area (TPSA) is 98.0 Å². The van der Waals surface area contributed by atoms with Crippen LogP contribution in [0.1, 0.15) is 54.7 Å². The maximum atomic E-state index is 11.9. The maximum absolute atomic E-state index is 11.9. The molecule has 0 amide bonds. The Bertz CT molecular complexity index is 903. The summed E-state index contributed by atoms with van der Waals surface area (Å²) in [5, 5.41) is 12.3. The number of hydroxylamine groups is 1. The van der Waals surface area contributed by atoms with Crippen molar-refractivity contribution >= 4 is 5.97 Å². The molecular formula is C24H31FN4O3. The lowest BCUT2D eigenvalue weighted by Gasteiger charge is -2.41. The molecule has 1 saturated heterocycles. The van der Waals surface area contributed by atoms with Crippen molar-refractivity contribution in [2.75, 3.05) is 13.1 Å². The number of hydrogen-bond acceptors (Lipinski definition) is 7. The van der Waals surface area contributed by atoms with Crippen molar-refractivity contribution in [1.82, 2.24) is 10.4 Å². The molecule has 1 heterocycles. The van der Waals surface area contributed by atoms with Gasteiger partial charge in [0.05, 0.1) is 5.92 Å². The van der Waals surface area contributed by atoms with Gasteiger partial charge in [-0.1, -0.05) is 62.4 Å².